The number of carbonyl (C=O) groups excluding carboxylic acids is 2. The molecular formula is C19H21BrN2O2. The predicted molar refractivity (Wildman–Crippen MR) is 101 cm³/mol. The molecule has 4 nitrogen and oxygen atoms in total. The fourth-order valence-electron chi connectivity index (χ4n) is 2.44. The maximum Gasteiger partial charge on any atom is 0.228 e. The zero-order valence-electron chi connectivity index (χ0n) is 14.1. The SMILES string of the molecule is CC(=O)N(CCC(=O)N(C)c1ccccc1)c1ccc(Br)c(C)c1. The predicted octanol–water partition coefficient (Wildman–Crippen LogP) is 4.16. The van der Waals surface area contributed by atoms with Crippen molar-refractivity contribution >= 4 is 39.1 Å². The highest BCUT2D eigenvalue weighted by molar-refractivity contribution is 9.10. The van der Waals surface area contributed by atoms with Crippen LogP contribution in [0.15, 0.2) is 53.0 Å². The summed E-state index contributed by atoms with van der Waals surface area (Å²) in [6.45, 7) is 3.84. The summed E-state index contributed by atoms with van der Waals surface area (Å²) < 4.78 is 0.995. The standard InChI is InChI=1S/C19H21BrN2O2/c1-14-13-17(9-10-18(14)20)22(15(2)23)12-11-19(24)21(3)16-7-5-4-6-8-16/h4-10,13H,11-12H2,1-3H3. The highest BCUT2D eigenvalue weighted by atomic mass is 79.9. The van der Waals surface area contributed by atoms with Crippen LogP contribution in [-0.4, -0.2) is 25.4 Å². The number of amides is 2. The summed E-state index contributed by atoms with van der Waals surface area (Å²) in [5, 5.41) is 0. The van der Waals surface area contributed by atoms with E-state index in [9.17, 15) is 9.59 Å². The third-order valence-corrected chi connectivity index (χ3v) is 4.79. The number of rotatable bonds is 5. The Labute approximate surface area is 151 Å². The van der Waals surface area contributed by atoms with E-state index < -0.39 is 0 Å². The number of anilines is 2. The average molecular weight is 389 g/mol. The van der Waals surface area contributed by atoms with E-state index in [2.05, 4.69) is 15.9 Å². The summed E-state index contributed by atoms with van der Waals surface area (Å²) in [6.07, 6.45) is 0.264. The summed E-state index contributed by atoms with van der Waals surface area (Å²) in [6, 6.07) is 15.2. The number of halogens is 1. The van der Waals surface area contributed by atoms with Crippen LogP contribution in [0.3, 0.4) is 0 Å². The van der Waals surface area contributed by atoms with Gasteiger partial charge < -0.3 is 9.80 Å². The largest absolute Gasteiger partial charge is 0.315 e. The van der Waals surface area contributed by atoms with Gasteiger partial charge in [0.25, 0.3) is 0 Å². The van der Waals surface area contributed by atoms with E-state index >= 15 is 0 Å². The molecular weight excluding hydrogens is 368 g/mol. The van der Waals surface area contributed by atoms with Gasteiger partial charge in [-0.15, -0.1) is 0 Å². The first-order valence-corrected chi connectivity index (χ1v) is 8.55. The summed E-state index contributed by atoms with van der Waals surface area (Å²) in [5.41, 5.74) is 2.70. The molecule has 0 unspecified atom stereocenters. The van der Waals surface area contributed by atoms with Crippen LogP contribution in [-0.2, 0) is 9.59 Å². The normalized spacial score (nSPS) is 10.3. The third-order valence-electron chi connectivity index (χ3n) is 3.90. The van der Waals surface area contributed by atoms with Crippen LogP contribution >= 0.6 is 15.9 Å². The van der Waals surface area contributed by atoms with Crippen molar-refractivity contribution < 1.29 is 9.59 Å². The molecule has 2 aromatic rings. The average Bonchev–Trinajstić information content (AvgIpc) is 2.57. The van der Waals surface area contributed by atoms with Gasteiger partial charge in [-0.1, -0.05) is 34.1 Å². The lowest BCUT2D eigenvalue weighted by molar-refractivity contribution is -0.118. The van der Waals surface area contributed by atoms with Gasteiger partial charge in [-0.2, -0.15) is 0 Å². The van der Waals surface area contributed by atoms with Crippen molar-refractivity contribution in [2.75, 3.05) is 23.4 Å². The molecule has 0 atom stereocenters. The zero-order valence-corrected chi connectivity index (χ0v) is 15.7. The first kappa shape index (κ1) is 18.2. The van der Waals surface area contributed by atoms with Crippen LogP contribution < -0.4 is 9.80 Å². The number of aryl methyl sites for hydroxylation is 1. The van der Waals surface area contributed by atoms with E-state index in [1.165, 1.54) is 6.92 Å². The monoisotopic (exact) mass is 388 g/mol. The zero-order chi connectivity index (χ0) is 17.7. The smallest absolute Gasteiger partial charge is 0.228 e. The third kappa shape index (κ3) is 4.45. The summed E-state index contributed by atoms with van der Waals surface area (Å²) in [7, 11) is 1.75. The van der Waals surface area contributed by atoms with Crippen molar-refractivity contribution in [3.05, 3.63) is 58.6 Å². The van der Waals surface area contributed by atoms with E-state index in [0.717, 1.165) is 21.4 Å². The summed E-state index contributed by atoms with van der Waals surface area (Å²) in [4.78, 5) is 27.6. The minimum absolute atomic E-state index is 0.0266. The minimum atomic E-state index is -0.0770. The number of para-hydroxylation sites is 1. The van der Waals surface area contributed by atoms with Crippen LogP contribution in [0.1, 0.15) is 18.9 Å². The molecule has 0 fully saturated rings. The Morgan fingerprint density at radius 2 is 1.71 bits per heavy atom. The highest BCUT2D eigenvalue weighted by Crippen LogP contribution is 2.23. The van der Waals surface area contributed by atoms with Gasteiger partial charge in [-0.3, -0.25) is 9.59 Å². The lowest BCUT2D eigenvalue weighted by Gasteiger charge is -2.23. The van der Waals surface area contributed by atoms with Crippen molar-refractivity contribution in [1.82, 2.24) is 0 Å². The second-order valence-electron chi connectivity index (χ2n) is 5.64. The number of hydrogen-bond donors (Lipinski definition) is 0. The van der Waals surface area contributed by atoms with E-state index in [1.54, 1.807) is 16.8 Å². The van der Waals surface area contributed by atoms with Crippen molar-refractivity contribution in [2.45, 2.75) is 20.3 Å². The van der Waals surface area contributed by atoms with Gasteiger partial charge in [0.2, 0.25) is 11.8 Å². The second kappa shape index (κ2) is 8.11. The fourth-order valence-corrected chi connectivity index (χ4v) is 2.68. The Morgan fingerprint density at radius 1 is 1.04 bits per heavy atom. The minimum Gasteiger partial charge on any atom is -0.315 e. The maximum atomic E-state index is 12.4. The Morgan fingerprint density at radius 3 is 2.29 bits per heavy atom. The van der Waals surface area contributed by atoms with Gasteiger partial charge >= 0.3 is 0 Å². The molecule has 0 N–H and O–H groups in total. The molecule has 0 aliphatic heterocycles. The van der Waals surface area contributed by atoms with Crippen LogP contribution in [0, 0.1) is 6.92 Å². The molecule has 0 aliphatic carbocycles. The molecule has 2 rings (SSSR count). The number of nitrogens with zero attached hydrogens (tertiary/aromatic N) is 2. The molecule has 0 spiro atoms. The molecule has 0 saturated heterocycles. The van der Waals surface area contributed by atoms with Gasteiger partial charge in [-0.25, -0.2) is 0 Å². The summed E-state index contributed by atoms with van der Waals surface area (Å²) >= 11 is 3.46. The molecule has 2 amide bonds. The molecule has 0 aliphatic rings. The Hall–Kier alpha value is -2.14. The number of hydrogen-bond acceptors (Lipinski definition) is 2. The van der Waals surface area contributed by atoms with E-state index in [4.69, 9.17) is 0 Å². The molecule has 0 aromatic heterocycles. The molecule has 0 bridgehead atoms. The highest BCUT2D eigenvalue weighted by Gasteiger charge is 2.16. The van der Waals surface area contributed by atoms with E-state index in [1.807, 2.05) is 55.5 Å². The Bertz CT molecular complexity index is 731. The molecule has 5 heteroatoms. The van der Waals surface area contributed by atoms with Crippen LogP contribution in [0.5, 0.6) is 0 Å². The lowest BCUT2D eigenvalue weighted by Crippen LogP contribution is -2.34. The van der Waals surface area contributed by atoms with Gasteiger partial charge in [0.05, 0.1) is 0 Å². The van der Waals surface area contributed by atoms with Crippen molar-refractivity contribution in [3.63, 3.8) is 0 Å². The molecule has 0 radical (unpaired) electrons. The van der Waals surface area contributed by atoms with Crippen molar-refractivity contribution in [1.29, 1.82) is 0 Å². The maximum absolute atomic E-state index is 12.4. The number of carbonyl (C=O) groups is 2. The van der Waals surface area contributed by atoms with Crippen LogP contribution in [0.4, 0.5) is 11.4 Å². The quantitative estimate of drug-likeness (QED) is 0.771. The van der Waals surface area contributed by atoms with Crippen LogP contribution in [0.2, 0.25) is 0 Å². The number of benzene rings is 2. The van der Waals surface area contributed by atoms with Crippen molar-refractivity contribution in [2.24, 2.45) is 0 Å². The first-order chi connectivity index (χ1) is 11.4. The van der Waals surface area contributed by atoms with Crippen molar-refractivity contribution in [3.8, 4) is 0 Å². The van der Waals surface area contributed by atoms with Gasteiger partial charge in [0, 0.05) is 42.8 Å². The van der Waals surface area contributed by atoms with Gasteiger partial charge in [0.1, 0.15) is 0 Å². The lowest BCUT2D eigenvalue weighted by atomic mass is 10.2. The van der Waals surface area contributed by atoms with Gasteiger partial charge in [-0.05, 0) is 42.8 Å². The Balaban J connectivity index is 2.07. The molecule has 2 aromatic carbocycles. The second-order valence-corrected chi connectivity index (χ2v) is 6.50. The molecule has 126 valence electrons. The fraction of sp³-hybridized carbons (Fsp3) is 0.263. The van der Waals surface area contributed by atoms with Crippen LogP contribution in [0.25, 0.3) is 0 Å². The molecule has 0 saturated carbocycles. The molecule has 24 heavy (non-hydrogen) atoms. The Kier molecular flexibility index (Phi) is 6.15. The molecule has 0 heterocycles. The van der Waals surface area contributed by atoms with E-state index in [0.29, 0.717) is 6.54 Å². The van der Waals surface area contributed by atoms with Gasteiger partial charge in [0.15, 0.2) is 0 Å². The first-order valence-electron chi connectivity index (χ1n) is 7.76. The van der Waals surface area contributed by atoms with E-state index in [-0.39, 0.29) is 18.2 Å². The summed E-state index contributed by atoms with van der Waals surface area (Å²) in [5.74, 6) is -0.104. The topological polar surface area (TPSA) is 40.6 Å².